The number of aryl methyl sites for hydroxylation is 1. The molecule has 0 spiro atoms. The third-order valence-electron chi connectivity index (χ3n) is 2.99. The lowest BCUT2D eigenvalue weighted by Gasteiger charge is -2.18. The fourth-order valence-corrected chi connectivity index (χ4v) is 2.25. The Labute approximate surface area is 116 Å². The molecule has 1 N–H and O–H groups in total. The van der Waals surface area contributed by atoms with Crippen LogP contribution in [-0.2, 0) is 0 Å². The van der Waals surface area contributed by atoms with Gasteiger partial charge in [0, 0.05) is 16.3 Å². The summed E-state index contributed by atoms with van der Waals surface area (Å²) in [6.07, 6.45) is 0. The maximum atomic E-state index is 13.7. The molecule has 0 aromatic heterocycles. The summed E-state index contributed by atoms with van der Waals surface area (Å²) in [6, 6.07) is 8.73. The molecule has 0 bridgehead atoms. The van der Waals surface area contributed by atoms with Crippen LogP contribution in [0.25, 0.3) is 0 Å². The van der Waals surface area contributed by atoms with Gasteiger partial charge >= 0.3 is 0 Å². The quantitative estimate of drug-likeness (QED) is 0.825. The minimum Gasteiger partial charge on any atom is -0.378 e. The summed E-state index contributed by atoms with van der Waals surface area (Å²) in [5.74, 6) is -1.10. The van der Waals surface area contributed by atoms with Gasteiger partial charge in [0.1, 0.15) is 11.6 Å². The van der Waals surface area contributed by atoms with Gasteiger partial charge in [-0.1, -0.05) is 17.7 Å². The van der Waals surface area contributed by atoms with Gasteiger partial charge in [0.2, 0.25) is 0 Å². The molecule has 0 aliphatic heterocycles. The maximum absolute atomic E-state index is 13.7. The van der Waals surface area contributed by atoms with Crippen LogP contribution >= 0.6 is 11.6 Å². The van der Waals surface area contributed by atoms with Crippen LogP contribution in [0.5, 0.6) is 0 Å². The highest BCUT2D eigenvalue weighted by Gasteiger charge is 2.16. The SMILES string of the molecule is Cc1cc(Cl)ccc1NC(C)c1c(F)cccc1F. The van der Waals surface area contributed by atoms with E-state index in [0.29, 0.717) is 5.02 Å². The fraction of sp³-hybridized carbons (Fsp3) is 0.200. The Morgan fingerprint density at radius 2 is 1.74 bits per heavy atom. The Bertz CT molecular complexity index is 578. The van der Waals surface area contributed by atoms with Crippen molar-refractivity contribution in [2.24, 2.45) is 0 Å². The molecule has 4 heteroatoms. The summed E-state index contributed by atoms with van der Waals surface area (Å²) in [5.41, 5.74) is 1.77. The first-order chi connectivity index (χ1) is 8.99. The van der Waals surface area contributed by atoms with Crippen LogP contribution < -0.4 is 5.32 Å². The fourth-order valence-electron chi connectivity index (χ4n) is 2.02. The maximum Gasteiger partial charge on any atom is 0.131 e. The van der Waals surface area contributed by atoms with E-state index in [1.54, 1.807) is 25.1 Å². The van der Waals surface area contributed by atoms with Crippen LogP contribution in [-0.4, -0.2) is 0 Å². The van der Waals surface area contributed by atoms with Crippen LogP contribution in [0, 0.1) is 18.6 Å². The van der Waals surface area contributed by atoms with Gasteiger partial charge in [-0.15, -0.1) is 0 Å². The number of anilines is 1. The summed E-state index contributed by atoms with van der Waals surface area (Å²) in [6.45, 7) is 3.61. The van der Waals surface area contributed by atoms with Crippen molar-refractivity contribution in [3.8, 4) is 0 Å². The normalized spacial score (nSPS) is 12.3. The average Bonchev–Trinajstić information content (AvgIpc) is 2.32. The number of nitrogens with one attached hydrogen (secondary N) is 1. The van der Waals surface area contributed by atoms with Gasteiger partial charge in [0.15, 0.2) is 0 Å². The van der Waals surface area contributed by atoms with Crippen LogP contribution in [0.4, 0.5) is 14.5 Å². The standard InChI is InChI=1S/C15H14ClF2N/c1-9-8-11(16)6-7-14(9)19-10(2)15-12(17)4-3-5-13(15)18/h3-8,10,19H,1-2H3. The third kappa shape index (κ3) is 3.04. The van der Waals surface area contributed by atoms with Gasteiger partial charge in [-0.05, 0) is 49.7 Å². The molecule has 0 saturated heterocycles. The van der Waals surface area contributed by atoms with E-state index < -0.39 is 17.7 Å². The molecular weight excluding hydrogens is 268 g/mol. The summed E-state index contributed by atoms with van der Waals surface area (Å²) in [7, 11) is 0. The number of hydrogen-bond acceptors (Lipinski definition) is 1. The Kier molecular flexibility index (Phi) is 4.05. The molecule has 0 aliphatic carbocycles. The van der Waals surface area contributed by atoms with E-state index in [9.17, 15) is 8.78 Å². The summed E-state index contributed by atoms with van der Waals surface area (Å²) in [4.78, 5) is 0. The molecule has 0 aliphatic rings. The molecule has 0 heterocycles. The number of hydrogen-bond donors (Lipinski definition) is 1. The zero-order chi connectivity index (χ0) is 14.0. The Morgan fingerprint density at radius 1 is 1.11 bits per heavy atom. The predicted molar refractivity (Wildman–Crippen MR) is 74.6 cm³/mol. The first-order valence-electron chi connectivity index (χ1n) is 5.95. The molecule has 1 atom stereocenters. The van der Waals surface area contributed by atoms with Crippen molar-refractivity contribution in [3.05, 3.63) is 64.2 Å². The first-order valence-corrected chi connectivity index (χ1v) is 6.33. The molecule has 0 amide bonds. The van der Waals surface area contributed by atoms with Crippen molar-refractivity contribution in [1.29, 1.82) is 0 Å². The molecule has 0 saturated carbocycles. The third-order valence-corrected chi connectivity index (χ3v) is 3.23. The summed E-state index contributed by atoms with van der Waals surface area (Å²) >= 11 is 5.87. The lowest BCUT2D eigenvalue weighted by atomic mass is 10.1. The largest absolute Gasteiger partial charge is 0.378 e. The first kappa shape index (κ1) is 13.8. The second-order valence-corrected chi connectivity index (χ2v) is 4.90. The average molecular weight is 282 g/mol. The second kappa shape index (κ2) is 5.57. The number of halogens is 3. The molecule has 0 fully saturated rings. The van der Waals surface area contributed by atoms with Crippen LogP contribution in [0.2, 0.25) is 5.02 Å². The monoisotopic (exact) mass is 281 g/mol. The molecule has 1 nitrogen and oxygen atoms in total. The lowest BCUT2D eigenvalue weighted by molar-refractivity contribution is 0.544. The highest BCUT2D eigenvalue weighted by Crippen LogP contribution is 2.27. The smallest absolute Gasteiger partial charge is 0.131 e. The molecule has 2 aromatic carbocycles. The van der Waals surface area contributed by atoms with Crippen molar-refractivity contribution in [2.45, 2.75) is 19.9 Å². The molecule has 2 aromatic rings. The Balaban J connectivity index is 2.28. The summed E-state index contributed by atoms with van der Waals surface area (Å²) in [5, 5.41) is 3.73. The van der Waals surface area contributed by atoms with E-state index in [4.69, 9.17) is 11.6 Å². The number of rotatable bonds is 3. The molecular formula is C15H14ClF2N. The molecule has 19 heavy (non-hydrogen) atoms. The minimum atomic E-state index is -0.549. The van der Waals surface area contributed by atoms with E-state index in [-0.39, 0.29) is 5.56 Å². The van der Waals surface area contributed by atoms with Crippen LogP contribution in [0.1, 0.15) is 24.1 Å². The van der Waals surface area contributed by atoms with E-state index in [2.05, 4.69) is 5.32 Å². The summed E-state index contributed by atoms with van der Waals surface area (Å²) < 4.78 is 27.3. The molecule has 100 valence electrons. The molecule has 0 radical (unpaired) electrons. The van der Waals surface area contributed by atoms with E-state index >= 15 is 0 Å². The van der Waals surface area contributed by atoms with Gasteiger partial charge in [0.05, 0.1) is 6.04 Å². The van der Waals surface area contributed by atoms with Crippen molar-refractivity contribution >= 4 is 17.3 Å². The lowest BCUT2D eigenvalue weighted by Crippen LogP contribution is -2.11. The van der Waals surface area contributed by atoms with Crippen LogP contribution in [0.15, 0.2) is 36.4 Å². The zero-order valence-corrected chi connectivity index (χ0v) is 11.4. The predicted octanol–water partition coefficient (Wildman–Crippen LogP) is 5.10. The van der Waals surface area contributed by atoms with Crippen molar-refractivity contribution in [2.75, 3.05) is 5.32 Å². The Hall–Kier alpha value is -1.61. The van der Waals surface area contributed by atoms with E-state index in [0.717, 1.165) is 11.3 Å². The molecule has 2 rings (SSSR count). The van der Waals surface area contributed by atoms with E-state index in [1.165, 1.54) is 18.2 Å². The van der Waals surface area contributed by atoms with Crippen molar-refractivity contribution in [3.63, 3.8) is 0 Å². The van der Waals surface area contributed by atoms with Gasteiger partial charge in [-0.2, -0.15) is 0 Å². The Morgan fingerprint density at radius 3 is 2.32 bits per heavy atom. The highest BCUT2D eigenvalue weighted by atomic mass is 35.5. The second-order valence-electron chi connectivity index (χ2n) is 4.46. The topological polar surface area (TPSA) is 12.0 Å². The highest BCUT2D eigenvalue weighted by molar-refractivity contribution is 6.30. The van der Waals surface area contributed by atoms with Crippen LogP contribution in [0.3, 0.4) is 0 Å². The zero-order valence-electron chi connectivity index (χ0n) is 10.7. The van der Waals surface area contributed by atoms with Gasteiger partial charge in [0.25, 0.3) is 0 Å². The van der Waals surface area contributed by atoms with Crippen molar-refractivity contribution < 1.29 is 8.78 Å². The minimum absolute atomic E-state index is 0.0388. The van der Waals surface area contributed by atoms with Gasteiger partial charge in [-0.25, -0.2) is 8.78 Å². The van der Waals surface area contributed by atoms with Gasteiger partial charge < -0.3 is 5.32 Å². The number of benzene rings is 2. The molecule has 1 unspecified atom stereocenters. The van der Waals surface area contributed by atoms with Crippen molar-refractivity contribution in [1.82, 2.24) is 0 Å². The van der Waals surface area contributed by atoms with Gasteiger partial charge in [-0.3, -0.25) is 0 Å². The van der Waals surface area contributed by atoms with E-state index in [1.807, 2.05) is 6.92 Å².